The van der Waals surface area contributed by atoms with Crippen molar-refractivity contribution in [2.45, 2.75) is 52.7 Å². The van der Waals surface area contributed by atoms with E-state index in [1.807, 2.05) is 27.7 Å². The van der Waals surface area contributed by atoms with Crippen LogP contribution in [0.2, 0.25) is 0 Å². The largest absolute Gasteiger partial charge is 0.498 e. The lowest BCUT2D eigenvalue weighted by Crippen LogP contribution is -2.41. The molecule has 0 saturated carbocycles. The Morgan fingerprint density at radius 3 is 2.00 bits per heavy atom. The Balaban J connectivity index is 2.47. The Hall–Kier alpha value is -0.845. The van der Waals surface area contributed by atoms with Crippen LogP contribution in [0.4, 0.5) is 0 Å². The minimum absolute atomic E-state index is 0.287. The first-order valence-electron chi connectivity index (χ1n) is 8.53. The molecule has 0 N–H and O–H groups in total. The third-order valence-corrected chi connectivity index (χ3v) is 6.74. The summed E-state index contributed by atoms with van der Waals surface area (Å²) in [5.41, 5.74) is -0.303. The van der Waals surface area contributed by atoms with Gasteiger partial charge in [-0.05, 0) is 59.7 Å². The van der Waals surface area contributed by atoms with E-state index in [2.05, 4.69) is 0 Å². The molecular formula is C17H28BO6P. The smallest absolute Gasteiger partial charge is 0.497 e. The summed E-state index contributed by atoms with van der Waals surface area (Å²) in [6.07, 6.45) is 0. The zero-order chi connectivity index (χ0) is 18.9. The molecule has 6 nitrogen and oxygen atoms in total. The minimum atomic E-state index is -3.40. The molecule has 1 saturated heterocycles. The first-order valence-corrected chi connectivity index (χ1v) is 10.1. The number of rotatable bonds is 7. The highest BCUT2D eigenvalue weighted by atomic mass is 31.2. The third-order valence-electron chi connectivity index (χ3n) is 4.63. The minimum Gasteiger partial charge on any atom is -0.497 e. The topological polar surface area (TPSA) is 63.2 Å². The van der Waals surface area contributed by atoms with Gasteiger partial charge in [-0.1, -0.05) is 0 Å². The molecule has 0 amide bonds. The van der Waals surface area contributed by atoms with Crippen molar-refractivity contribution >= 4 is 25.5 Å². The predicted molar refractivity (Wildman–Crippen MR) is 99.2 cm³/mol. The fourth-order valence-electron chi connectivity index (χ4n) is 2.57. The Bertz CT molecular complexity index is 635. The van der Waals surface area contributed by atoms with Crippen molar-refractivity contribution in [2.75, 3.05) is 20.3 Å². The number of methoxy groups -OCH3 is 1. The van der Waals surface area contributed by atoms with Crippen LogP contribution in [0.1, 0.15) is 41.5 Å². The van der Waals surface area contributed by atoms with Gasteiger partial charge in [-0.3, -0.25) is 4.57 Å². The van der Waals surface area contributed by atoms with E-state index < -0.39 is 25.9 Å². The maximum absolute atomic E-state index is 13.1. The molecule has 0 bridgehead atoms. The monoisotopic (exact) mass is 370 g/mol. The zero-order valence-corrected chi connectivity index (χ0v) is 17.0. The summed E-state index contributed by atoms with van der Waals surface area (Å²) in [5.74, 6) is 0.599. The summed E-state index contributed by atoms with van der Waals surface area (Å²) in [5, 5.41) is 0.460. The Morgan fingerprint density at radius 2 is 1.56 bits per heavy atom. The number of hydrogen-bond acceptors (Lipinski definition) is 6. The van der Waals surface area contributed by atoms with E-state index in [-0.39, 0.29) is 13.2 Å². The highest BCUT2D eigenvalue weighted by Crippen LogP contribution is 2.47. The molecule has 140 valence electrons. The summed E-state index contributed by atoms with van der Waals surface area (Å²) in [6.45, 7) is 12.1. The zero-order valence-electron chi connectivity index (χ0n) is 16.1. The van der Waals surface area contributed by atoms with Gasteiger partial charge in [0, 0.05) is 5.46 Å². The van der Waals surface area contributed by atoms with Crippen LogP contribution in [0.3, 0.4) is 0 Å². The molecular weight excluding hydrogens is 342 g/mol. The molecule has 0 aromatic heterocycles. The van der Waals surface area contributed by atoms with Crippen molar-refractivity contribution in [3.63, 3.8) is 0 Å². The maximum Gasteiger partial charge on any atom is 0.498 e. The van der Waals surface area contributed by atoms with Crippen molar-refractivity contribution < 1.29 is 27.7 Å². The molecule has 1 heterocycles. The van der Waals surface area contributed by atoms with Gasteiger partial charge in [-0.25, -0.2) is 0 Å². The molecule has 1 aromatic carbocycles. The standard InChI is InChI=1S/C17H28BO6P/c1-8-21-25(19,22-9-2)13-10-11-15(20-7)14(12-13)18-23-16(3,4)17(5,6)24-18/h10-12H,8-9H2,1-7H3. The van der Waals surface area contributed by atoms with E-state index in [0.717, 1.165) is 0 Å². The van der Waals surface area contributed by atoms with E-state index in [1.54, 1.807) is 39.2 Å². The molecule has 0 spiro atoms. The average Bonchev–Trinajstić information content (AvgIpc) is 2.75. The summed E-state index contributed by atoms with van der Waals surface area (Å²) < 4.78 is 41.6. The Morgan fingerprint density at radius 1 is 1.04 bits per heavy atom. The molecule has 1 aliphatic heterocycles. The molecule has 2 rings (SSSR count). The summed E-state index contributed by atoms with van der Waals surface area (Å²) in [7, 11) is -2.45. The fraction of sp³-hybridized carbons (Fsp3) is 0.647. The van der Waals surface area contributed by atoms with Gasteiger partial charge in [-0.2, -0.15) is 0 Å². The third kappa shape index (κ3) is 3.96. The van der Waals surface area contributed by atoms with E-state index in [0.29, 0.717) is 16.5 Å². The Kier molecular flexibility index (Phi) is 6.07. The van der Waals surface area contributed by atoms with E-state index in [9.17, 15) is 4.57 Å². The van der Waals surface area contributed by atoms with Crippen LogP contribution in [0.25, 0.3) is 0 Å². The van der Waals surface area contributed by atoms with Crippen LogP contribution < -0.4 is 15.5 Å². The van der Waals surface area contributed by atoms with Gasteiger partial charge in [0.1, 0.15) is 5.75 Å². The van der Waals surface area contributed by atoms with Crippen LogP contribution in [0.15, 0.2) is 18.2 Å². The molecule has 1 fully saturated rings. The van der Waals surface area contributed by atoms with Crippen LogP contribution in [0, 0.1) is 0 Å². The van der Waals surface area contributed by atoms with Crippen molar-refractivity contribution in [2.24, 2.45) is 0 Å². The average molecular weight is 370 g/mol. The van der Waals surface area contributed by atoms with E-state index >= 15 is 0 Å². The highest BCUT2D eigenvalue weighted by Gasteiger charge is 2.52. The second-order valence-corrected chi connectivity index (χ2v) is 8.88. The lowest BCUT2D eigenvalue weighted by atomic mass is 9.78. The second-order valence-electron chi connectivity index (χ2n) is 6.85. The Labute approximate surface area is 150 Å². The predicted octanol–water partition coefficient (Wildman–Crippen LogP) is 2.89. The van der Waals surface area contributed by atoms with Crippen LogP contribution >= 0.6 is 7.60 Å². The van der Waals surface area contributed by atoms with Gasteiger partial charge in [0.15, 0.2) is 0 Å². The summed E-state index contributed by atoms with van der Waals surface area (Å²) in [4.78, 5) is 0. The first-order chi connectivity index (χ1) is 11.6. The van der Waals surface area contributed by atoms with Crippen molar-refractivity contribution in [1.29, 1.82) is 0 Å². The van der Waals surface area contributed by atoms with Crippen molar-refractivity contribution in [1.82, 2.24) is 0 Å². The molecule has 1 aromatic rings. The van der Waals surface area contributed by atoms with E-state index in [1.165, 1.54) is 0 Å². The second kappa shape index (κ2) is 7.41. The van der Waals surface area contributed by atoms with Crippen LogP contribution in [0.5, 0.6) is 5.75 Å². The van der Waals surface area contributed by atoms with Crippen LogP contribution in [-0.2, 0) is 22.9 Å². The molecule has 0 atom stereocenters. The summed E-state index contributed by atoms with van der Waals surface area (Å²) in [6, 6.07) is 5.16. The molecule has 25 heavy (non-hydrogen) atoms. The normalized spacial score (nSPS) is 19.2. The quantitative estimate of drug-likeness (QED) is 0.543. The molecule has 8 heteroatoms. The number of hydrogen-bond donors (Lipinski definition) is 0. The maximum atomic E-state index is 13.1. The van der Waals surface area contributed by atoms with Gasteiger partial charge in [0.2, 0.25) is 0 Å². The molecule has 1 aliphatic rings. The van der Waals surface area contributed by atoms with Gasteiger partial charge in [0.05, 0.1) is 36.8 Å². The van der Waals surface area contributed by atoms with Gasteiger partial charge in [0.25, 0.3) is 0 Å². The lowest BCUT2D eigenvalue weighted by molar-refractivity contribution is 0.00578. The molecule has 0 unspecified atom stereocenters. The van der Waals surface area contributed by atoms with Crippen molar-refractivity contribution in [3.8, 4) is 5.75 Å². The van der Waals surface area contributed by atoms with Gasteiger partial charge < -0.3 is 23.1 Å². The summed E-state index contributed by atoms with van der Waals surface area (Å²) >= 11 is 0. The molecule has 0 radical (unpaired) electrons. The molecule has 0 aliphatic carbocycles. The number of benzene rings is 1. The first kappa shape index (κ1) is 20.5. The van der Waals surface area contributed by atoms with Gasteiger partial charge >= 0.3 is 14.7 Å². The van der Waals surface area contributed by atoms with Crippen LogP contribution in [-0.4, -0.2) is 38.6 Å². The van der Waals surface area contributed by atoms with Gasteiger partial charge in [-0.15, -0.1) is 0 Å². The van der Waals surface area contributed by atoms with E-state index in [4.69, 9.17) is 23.1 Å². The lowest BCUT2D eigenvalue weighted by Gasteiger charge is -2.32. The highest BCUT2D eigenvalue weighted by molar-refractivity contribution is 7.62. The number of ether oxygens (including phenoxy) is 1. The fourth-order valence-corrected chi connectivity index (χ4v) is 4.18. The SMILES string of the molecule is CCOP(=O)(OCC)c1ccc(OC)c(B2OC(C)(C)C(C)(C)O2)c1. The van der Waals surface area contributed by atoms with Crippen molar-refractivity contribution in [3.05, 3.63) is 18.2 Å².